The van der Waals surface area contributed by atoms with Gasteiger partial charge in [-0.15, -0.1) is 0 Å². The lowest BCUT2D eigenvalue weighted by Gasteiger charge is -2.26. The molecular weight excluding hydrogens is 420 g/mol. The molecule has 3 aromatic heterocycles. The van der Waals surface area contributed by atoms with E-state index in [1.807, 2.05) is 54.7 Å². The lowest BCUT2D eigenvalue weighted by molar-refractivity contribution is -0.149. The third-order valence-electron chi connectivity index (χ3n) is 6.11. The Morgan fingerprint density at radius 2 is 1.76 bits per heavy atom. The molecule has 0 spiro atoms. The predicted molar refractivity (Wildman–Crippen MR) is 122 cm³/mol. The number of rotatable bonds is 4. The first kappa shape index (κ1) is 20.8. The van der Waals surface area contributed by atoms with Crippen LogP contribution in [-0.2, 0) is 14.3 Å². The summed E-state index contributed by atoms with van der Waals surface area (Å²) in [6.45, 7) is 0. The number of carbonyl (C=O) groups excluding carboxylic acids is 2. The highest BCUT2D eigenvalue weighted by atomic mass is 16.5. The second-order valence-corrected chi connectivity index (χ2v) is 8.11. The van der Waals surface area contributed by atoms with Crippen molar-refractivity contribution < 1.29 is 14.3 Å². The Balaban J connectivity index is 1.60. The van der Waals surface area contributed by atoms with Gasteiger partial charge in [0.25, 0.3) is 5.56 Å². The highest BCUT2D eigenvalue weighted by Gasteiger charge is 2.35. The van der Waals surface area contributed by atoms with Crippen LogP contribution in [0.25, 0.3) is 28.0 Å². The summed E-state index contributed by atoms with van der Waals surface area (Å²) in [6.07, 6.45) is 2.73. The first-order valence-electron chi connectivity index (χ1n) is 10.8. The monoisotopic (exact) mass is 442 g/mol. The predicted octanol–water partition coefficient (Wildman–Crippen LogP) is 3.31. The molecule has 1 aromatic carbocycles. The molecule has 0 N–H and O–H groups in total. The summed E-state index contributed by atoms with van der Waals surface area (Å²) < 4.78 is 7.82. The molecular formula is C25H22N4O4. The van der Waals surface area contributed by atoms with E-state index in [0.29, 0.717) is 18.5 Å². The molecule has 0 radical (unpaired) electrons. The third-order valence-corrected chi connectivity index (χ3v) is 6.11. The van der Waals surface area contributed by atoms with Gasteiger partial charge in [-0.25, -0.2) is 9.20 Å². The van der Waals surface area contributed by atoms with Crippen LogP contribution in [0.15, 0.2) is 71.7 Å². The fourth-order valence-electron chi connectivity index (χ4n) is 4.46. The summed E-state index contributed by atoms with van der Waals surface area (Å²) >= 11 is 0. The van der Waals surface area contributed by atoms with Gasteiger partial charge in [0.2, 0.25) is 0 Å². The van der Waals surface area contributed by atoms with Crippen LogP contribution >= 0.6 is 0 Å². The Hall–Kier alpha value is -4.07. The number of aromatic nitrogens is 4. The number of nitrogens with zero attached hydrogens (tertiary/aromatic N) is 4. The number of benzene rings is 1. The van der Waals surface area contributed by atoms with Crippen molar-refractivity contribution >= 4 is 17.3 Å². The maximum Gasteiger partial charge on any atom is 0.309 e. The smallest absolute Gasteiger partial charge is 0.309 e. The van der Waals surface area contributed by atoms with Crippen molar-refractivity contribution in [1.82, 2.24) is 19.4 Å². The molecule has 8 nitrogen and oxygen atoms in total. The van der Waals surface area contributed by atoms with Crippen molar-refractivity contribution in [2.45, 2.75) is 25.3 Å². The molecule has 4 aromatic rings. The van der Waals surface area contributed by atoms with Gasteiger partial charge >= 0.3 is 5.97 Å². The molecule has 0 bridgehead atoms. The summed E-state index contributed by atoms with van der Waals surface area (Å²) in [5, 5.41) is 9.38. The van der Waals surface area contributed by atoms with Crippen LogP contribution in [0.2, 0.25) is 0 Å². The van der Waals surface area contributed by atoms with Gasteiger partial charge in [0.05, 0.1) is 29.8 Å². The zero-order valence-corrected chi connectivity index (χ0v) is 18.0. The number of Topliss-reactive ketones (excluding diaryl/α,β-unsaturated/α-hetero) is 1. The molecule has 2 atom stereocenters. The third kappa shape index (κ3) is 3.73. The lowest BCUT2D eigenvalue weighted by Crippen LogP contribution is -2.37. The van der Waals surface area contributed by atoms with Gasteiger partial charge in [-0.3, -0.25) is 14.4 Å². The SMILES string of the molecule is COC(=O)[C@@H]1CC[C@H](n2nc(-c3c(-c4ccccc4)nn4ccccc34)ccc2=O)C(=O)C1. The lowest BCUT2D eigenvalue weighted by atomic mass is 9.85. The highest BCUT2D eigenvalue weighted by molar-refractivity contribution is 5.91. The molecule has 5 rings (SSSR count). The largest absolute Gasteiger partial charge is 0.469 e. The fourth-order valence-corrected chi connectivity index (χ4v) is 4.46. The molecule has 1 aliphatic rings. The number of hydrogen-bond donors (Lipinski definition) is 0. The summed E-state index contributed by atoms with van der Waals surface area (Å²) in [4.78, 5) is 37.4. The topological polar surface area (TPSA) is 95.6 Å². The number of carbonyl (C=O) groups is 2. The van der Waals surface area contributed by atoms with Gasteiger partial charge in [-0.1, -0.05) is 36.4 Å². The van der Waals surface area contributed by atoms with E-state index in [4.69, 9.17) is 9.84 Å². The van der Waals surface area contributed by atoms with Crippen molar-refractivity contribution in [2.24, 2.45) is 5.92 Å². The van der Waals surface area contributed by atoms with E-state index in [1.54, 1.807) is 10.6 Å². The molecule has 166 valence electrons. The maximum absolute atomic E-state index is 12.9. The first-order valence-corrected chi connectivity index (χ1v) is 10.8. The zero-order valence-electron chi connectivity index (χ0n) is 18.0. The second-order valence-electron chi connectivity index (χ2n) is 8.11. The summed E-state index contributed by atoms with van der Waals surface area (Å²) in [5.74, 6) is -1.05. The van der Waals surface area contributed by atoms with Gasteiger partial charge in [-0.05, 0) is 31.0 Å². The van der Waals surface area contributed by atoms with E-state index in [9.17, 15) is 14.4 Å². The minimum Gasteiger partial charge on any atom is -0.469 e. The summed E-state index contributed by atoms with van der Waals surface area (Å²) in [7, 11) is 1.31. The van der Waals surface area contributed by atoms with Gasteiger partial charge in [-0.2, -0.15) is 10.2 Å². The van der Waals surface area contributed by atoms with Crippen LogP contribution in [0, 0.1) is 5.92 Å². The van der Waals surface area contributed by atoms with Crippen molar-refractivity contribution in [3.63, 3.8) is 0 Å². The van der Waals surface area contributed by atoms with Crippen molar-refractivity contribution in [3.05, 3.63) is 77.2 Å². The highest BCUT2D eigenvalue weighted by Crippen LogP contribution is 2.34. The number of hydrogen-bond acceptors (Lipinski definition) is 6. The Morgan fingerprint density at radius 1 is 0.970 bits per heavy atom. The summed E-state index contributed by atoms with van der Waals surface area (Å²) in [6, 6.07) is 17.9. The van der Waals surface area contributed by atoms with E-state index < -0.39 is 17.9 Å². The van der Waals surface area contributed by atoms with Crippen LogP contribution in [0.1, 0.15) is 25.3 Å². The van der Waals surface area contributed by atoms with E-state index in [1.165, 1.54) is 17.9 Å². The van der Waals surface area contributed by atoms with E-state index in [0.717, 1.165) is 22.3 Å². The fraction of sp³-hybridized carbons (Fsp3) is 0.240. The van der Waals surface area contributed by atoms with Crippen LogP contribution in [0.5, 0.6) is 0 Å². The summed E-state index contributed by atoms with van der Waals surface area (Å²) in [5.41, 5.74) is 3.48. The van der Waals surface area contributed by atoms with E-state index >= 15 is 0 Å². The quantitative estimate of drug-likeness (QED) is 0.450. The van der Waals surface area contributed by atoms with Gasteiger partial charge in [0, 0.05) is 24.2 Å². The number of methoxy groups -OCH3 is 1. The molecule has 8 heteroatoms. The molecule has 33 heavy (non-hydrogen) atoms. The van der Waals surface area contributed by atoms with Crippen LogP contribution in [-0.4, -0.2) is 38.3 Å². The Morgan fingerprint density at radius 3 is 2.52 bits per heavy atom. The molecule has 0 amide bonds. The van der Waals surface area contributed by atoms with E-state index in [-0.39, 0.29) is 17.8 Å². The molecule has 1 saturated carbocycles. The van der Waals surface area contributed by atoms with Crippen molar-refractivity contribution in [2.75, 3.05) is 7.11 Å². The molecule has 1 fully saturated rings. The number of ketones is 1. The minimum atomic E-state index is -0.708. The number of esters is 1. The zero-order chi connectivity index (χ0) is 22.9. The average Bonchev–Trinajstić information content (AvgIpc) is 3.24. The molecule has 0 saturated heterocycles. The maximum atomic E-state index is 12.9. The van der Waals surface area contributed by atoms with E-state index in [2.05, 4.69) is 5.10 Å². The Kier molecular flexibility index (Phi) is 5.34. The van der Waals surface area contributed by atoms with Gasteiger partial charge < -0.3 is 4.74 Å². The second kappa shape index (κ2) is 8.46. The first-order chi connectivity index (χ1) is 16.1. The average molecular weight is 442 g/mol. The normalized spacial score (nSPS) is 18.4. The molecule has 3 heterocycles. The number of pyridine rings is 1. The minimum absolute atomic E-state index is 0.0433. The Labute approximate surface area is 189 Å². The van der Waals surface area contributed by atoms with Crippen LogP contribution < -0.4 is 5.56 Å². The number of ether oxygens (including phenoxy) is 1. The van der Waals surface area contributed by atoms with Crippen molar-refractivity contribution in [3.8, 4) is 22.5 Å². The van der Waals surface area contributed by atoms with Crippen LogP contribution in [0.3, 0.4) is 0 Å². The standard InChI is InChI=1S/C25H22N4O4/c1-33-25(32)17-10-12-19(21(30)15-17)29-22(31)13-11-18(26-29)23-20-9-5-6-14-28(20)27-24(23)16-7-3-2-4-8-16/h2-9,11,13-14,17,19H,10,12,15H2,1H3/t17-,19+/m1/s1. The molecule has 0 unspecified atom stereocenters. The van der Waals surface area contributed by atoms with Gasteiger partial charge in [0.1, 0.15) is 11.7 Å². The molecule has 1 aliphatic carbocycles. The molecule has 0 aliphatic heterocycles. The Bertz CT molecular complexity index is 1410. The number of fused-ring (bicyclic) bond motifs is 1. The van der Waals surface area contributed by atoms with Crippen LogP contribution in [0.4, 0.5) is 0 Å². The van der Waals surface area contributed by atoms with Crippen molar-refractivity contribution in [1.29, 1.82) is 0 Å². The van der Waals surface area contributed by atoms with Gasteiger partial charge in [0.15, 0.2) is 5.78 Å².